The van der Waals surface area contributed by atoms with Crippen LogP contribution in [0.25, 0.3) is 0 Å². The van der Waals surface area contributed by atoms with Crippen LogP contribution in [0, 0.1) is 0 Å². The molecule has 0 saturated heterocycles. The number of allylic oxidation sites excluding steroid dienone is 5. The molecule has 0 heterocycles. The number of rotatable bonds is 36. The van der Waals surface area contributed by atoms with E-state index in [9.17, 15) is 20.1 Å². The number of carbonyl (C=O) groups excluding carboxylic acids is 1. The Kier molecular flexibility index (Phi) is 36.3. The summed E-state index contributed by atoms with van der Waals surface area (Å²) in [5, 5.41) is 32.9. The highest BCUT2D eigenvalue weighted by Crippen LogP contribution is 2.14. The largest absolute Gasteiger partial charge is 0.394 e. The van der Waals surface area contributed by atoms with Crippen LogP contribution in [0.3, 0.4) is 0 Å². The summed E-state index contributed by atoms with van der Waals surface area (Å²) in [5.41, 5.74) is 0. The number of nitrogens with one attached hydrogen (secondary N) is 1. The second-order valence-corrected chi connectivity index (χ2v) is 13.9. The van der Waals surface area contributed by atoms with E-state index in [2.05, 4.69) is 43.5 Å². The summed E-state index contributed by atoms with van der Waals surface area (Å²) in [6.07, 6.45) is 45.9. The molecule has 0 aromatic carbocycles. The van der Waals surface area contributed by atoms with Gasteiger partial charge in [-0.05, 0) is 44.9 Å². The van der Waals surface area contributed by atoms with Crippen molar-refractivity contribution in [1.29, 1.82) is 0 Å². The molecule has 4 N–H and O–H groups in total. The van der Waals surface area contributed by atoms with Gasteiger partial charge in [-0.3, -0.25) is 4.79 Å². The molecule has 47 heavy (non-hydrogen) atoms. The van der Waals surface area contributed by atoms with E-state index in [4.69, 9.17) is 0 Å². The molecule has 0 bridgehead atoms. The quantitative estimate of drug-likeness (QED) is 0.0397. The number of hydrogen-bond donors (Lipinski definition) is 4. The van der Waals surface area contributed by atoms with Crippen LogP contribution >= 0.6 is 0 Å². The fourth-order valence-corrected chi connectivity index (χ4v) is 6.02. The summed E-state index contributed by atoms with van der Waals surface area (Å²) in [4.78, 5) is 12.3. The molecule has 0 rings (SSSR count). The second-order valence-electron chi connectivity index (χ2n) is 13.9. The molecule has 0 aliphatic carbocycles. The Hall–Kier alpha value is -1.43. The Balaban J connectivity index is 3.69. The zero-order chi connectivity index (χ0) is 34.5. The highest BCUT2D eigenvalue weighted by molar-refractivity contribution is 5.76. The minimum absolute atomic E-state index is 0.00224. The summed E-state index contributed by atoms with van der Waals surface area (Å²) in [6, 6.07) is -0.763. The molecule has 5 heteroatoms. The average Bonchev–Trinajstić information content (AvgIpc) is 3.06. The van der Waals surface area contributed by atoms with Gasteiger partial charge in [-0.2, -0.15) is 0 Å². The first-order chi connectivity index (χ1) is 23.0. The van der Waals surface area contributed by atoms with Crippen molar-refractivity contribution in [3.63, 3.8) is 0 Å². The van der Waals surface area contributed by atoms with Gasteiger partial charge in [0.15, 0.2) is 0 Å². The van der Waals surface area contributed by atoms with Gasteiger partial charge in [-0.15, -0.1) is 0 Å². The summed E-state index contributed by atoms with van der Waals surface area (Å²) in [7, 11) is 0. The molecule has 276 valence electrons. The van der Waals surface area contributed by atoms with Gasteiger partial charge in [0.1, 0.15) is 0 Å². The van der Waals surface area contributed by atoms with Crippen molar-refractivity contribution in [2.24, 2.45) is 0 Å². The molecule has 3 atom stereocenters. The van der Waals surface area contributed by atoms with Crippen molar-refractivity contribution in [2.75, 3.05) is 6.61 Å². The van der Waals surface area contributed by atoms with E-state index in [1.807, 2.05) is 6.08 Å². The Morgan fingerprint density at radius 3 is 1.36 bits per heavy atom. The molecule has 1 amide bonds. The van der Waals surface area contributed by atoms with Crippen LogP contribution in [0.5, 0.6) is 0 Å². The molecule has 0 aromatic heterocycles. The molecule has 0 radical (unpaired) electrons. The number of amides is 1. The molecular weight excluding hydrogens is 582 g/mol. The van der Waals surface area contributed by atoms with Crippen molar-refractivity contribution in [2.45, 2.75) is 218 Å². The first kappa shape index (κ1) is 45.6. The van der Waals surface area contributed by atoms with E-state index in [1.165, 1.54) is 135 Å². The number of hydrogen-bond acceptors (Lipinski definition) is 4. The third kappa shape index (κ3) is 34.2. The van der Waals surface area contributed by atoms with E-state index < -0.39 is 18.2 Å². The lowest BCUT2D eigenvalue weighted by Crippen LogP contribution is -2.45. The minimum atomic E-state index is -0.956. The zero-order valence-corrected chi connectivity index (χ0v) is 31.2. The molecule has 0 aromatic rings. The van der Waals surface area contributed by atoms with Crippen LogP contribution in [0.15, 0.2) is 36.5 Å². The van der Waals surface area contributed by atoms with Crippen molar-refractivity contribution >= 4 is 5.91 Å². The fourth-order valence-electron chi connectivity index (χ4n) is 6.02. The maximum atomic E-state index is 12.3. The maximum absolute atomic E-state index is 12.3. The SMILES string of the molecule is CCCCCCCCCCCCCCCCC/C=C/CC/C=C/CC/C=C/C(O)C(CO)NC(=O)CC(O)CCCCCCCCC. The first-order valence-electron chi connectivity index (χ1n) is 20.3. The normalized spacial score (nSPS) is 14.1. The Bertz CT molecular complexity index is 734. The zero-order valence-electron chi connectivity index (χ0n) is 31.2. The molecule has 5 nitrogen and oxygen atoms in total. The number of aliphatic hydroxyl groups excluding tert-OH is 3. The highest BCUT2D eigenvalue weighted by Gasteiger charge is 2.20. The first-order valence-corrected chi connectivity index (χ1v) is 20.3. The van der Waals surface area contributed by atoms with Crippen LogP contribution in [-0.4, -0.2) is 46.1 Å². The van der Waals surface area contributed by atoms with Crippen LogP contribution < -0.4 is 5.32 Å². The van der Waals surface area contributed by atoms with Crippen LogP contribution in [0.4, 0.5) is 0 Å². The Morgan fingerprint density at radius 2 is 0.915 bits per heavy atom. The standard InChI is InChI=1S/C42H79NO4/c1-3-5-7-9-11-12-13-14-15-16-17-18-19-20-21-22-23-24-25-26-27-28-30-32-34-36-41(46)40(38-44)43-42(47)37-39(45)35-33-31-29-10-8-6-4-2/h23-24,27-28,34,36,39-41,44-46H,3-22,25-26,29-33,35,37-38H2,1-2H3,(H,43,47)/b24-23+,28-27+,36-34+. The second kappa shape index (κ2) is 37.4. The lowest BCUT2D eigenvalue weighted by Gasteiger charge is -2.20. The van der Waals surface area contributed by atoms with E-state index in [-0.39, 0.29) is 18.9 Å². The van der Waals surface area contributed by atoms with Crippen molar-refractivity contribution in [1.82, 2.24) is 5.32 Å². The molecule has 0 fully saturated rings. The van der Waals surface area contributed by atoms with Crippen LogP contribution in [-0.2, 0) is 4.79 Å². The Morgan fingerprint density at radius 1 is 0.532 bits per heavy atom. The molecule has 0 aliphatic heterocycles. The van der Waals surface area contributed by atoms with E-state index in [0.29, 0.717) is 6.42 Å². The monoisotopic (exact) mass is 662 g/mol. The summed E-state index contributed by atoms with van der Waals surface area (Å²) in [6.45, 7) is 4.14. The molecule has 0 aliphatic rings. The van der Waals surface area contributed by atoms with E-state index in [0.717, 1.165) is 38.5 Å². The third-order valence-electron chi connectivity index (χ3n) is 9.16. The number of unbranched alkanes of at least 4 members (excludes halogenated alkanes) is 23. The molecule has 3 unspecified atom stereocenters. The molecule has 0 spiro atoms. The summed E-state index contributed by atoms with van der Waals surface area (Å²) >= 11 is 0. The highest BCUT2D eigenvalue weighted by atomic mass is 16.3. The summed E-state index contributed by atoms with van der Waals surface area (Å²) in [5.74, 6) is -0.334. The Labute approximate surface area is 292 Å². The van der Waals surface area contributed by atoms with E-state index in [1.54, 1.807) is 6.08 Å². The van der Waals surface area contributed by atoms with Gasteiger partial charge in [0, 0.05) is 0 Å². The fraction of sp³-hybridized carbons (Fsp3) is 0.833. The van der Waals surface area contributed by atoms with Crippen LogP contribution in [0.2, 0.25) is 0 Å². The van der Waals surface area contributed by atoms with Gasteiger partial charge >= 0.3 is 0 Å². The third-order valence-corrected chi connectivity index (χ3v) is 9.16. The maximum Gasteiger partial charge on any atom is 0.222 e. The van der Waals surface area contributed by atoms with Gasteiger partial charge in [0.2, 0.25) is 5.91 Å². The lowest BCUT2D eigenvalue weighted by atomic mass is 10.0. The van der Waals surface area contributed by atoms with Crippen LogP contribution in [0.1, 0.15) is 200 Å². The minimum Gasteiger partial charge on any atom is -0.394 e. The molecule has 0 saturated carbocycles. The van der Waals surface area contributed by atoms with Gasteiger partial charge in [0.05, 0.1) is 31.3 Å². The van der Waals surface area contributed by atoms with Gasteiger partial charge in [-0.25, -0.2) is 0 Å². The van der Waals surface area contributed by atoms with E-state index >= 15 is 0 Å². The predicted octanol–water partition coefficient (Wildman–Crippen LogP) is 11.2. The van der Waals surface area contributed by atoms with Crippen molar-refractivity contribution in [3.05, 3.63) is 36.5 Å². The van der Waals surface area contributed by atoms with Crippen molar-refractivity contribution in [3.8, 4) is 0 Å². The van der Waals surface area contributed by atoms with Crippen molar-refractivity contribution < 1.29 is 20.1 Å². The smallest absolute Gasteiger partial charge is 0.222 e. The predicted molar refractivity (Wildman–Crippen MR) is 204 cm³/mol. The number of carbonyl (C=O) groups is 1. The van der Waals surface area contributed by atoms with Gasteiger partial charge in [0.25, 0.3) is 0 Å². The van der Waals surface area contributed by atoms with Gasteiger partial charge < -0.3 is 20.6 Å². The lowest BCUT2D eigenvalue weighted by molar-refractivity contribution is -0.124. The summed E-state index contributed by atoms with van der Waals surface area (Å²) < 4.78 is 0. The average molecular weight is 662 g/mol. The molecular formula is C42H79NO4. The topological polar surface area (TPSA) is 89.8 Å². The number of aliphatic hydroxyl groups is 3. The van der Waals surface area contributed by atoms with Gasteiger partial charge in [-0.1, -0.05) is 185 Å².